The van der Waals surface area contributed by atoms with Crippen LogP contribution in [0.4, 0.5) is 0 Å². The summed E-state index contributed by atoms with van der Waals surface area (Å²) in [5.74, 6) is 0. The largest absolute Gasteiger partial charge is 0.394 e. The van der Waals surface area contributed by atoms with Crippen molar-refractivity contribution >= 4 is 33.6 Å². The number of hydrogen-bond donors (Lipinski definition) is 2. The fourth-order valence-corrected chi connectivity index (χ4v) is 2.50. The van der Waals surface area contributed by atoms with Gasteiger partial charge in [-0.05, 0) is 11.1 Å². The SMILES string of the molecule is O=c1[nH]c(=O)n([C@H]2C[C@@H](Cl)[C@@H](CO)O2)cc1/C=C/Br. The van der Waals surface area contributed by atoms with Crippen molar-refractivity contribution in [1.29, 1.82) is 0 Å². The normalized spacial score (nSPS) is 27.2. The third-order valence-electron chi connectivity index (χ3n) is 2.89. The maximum absolute atomic E-state index is 11.8. The molecule has 19 heavy (non-hydrogen) atoms. The van der Waals surface area contributed by atoms with Gasteiger partial charge in [0, 0.05) is 12.6 Å². The lowest BCUT2D eigenvalue weighted by atomic mass is 10.2. The van der Waals surface area contributed by atoms with Crippen LogP contribution >= 0.6 is 27.5 Å². The molecule has 1 aromatic heterocycles. The number of aliphatic hydroxyl groups excluding tert-OH is 1. The van der Waals surface area contributed by atoms with Gasteiger partial charge in [0.25, 0.3) is 5.56 Å². The summed E-state index contributed by atoms with van der Waals surface area (Å²) in [5, 5.41) is 8.71. The molecule has 2 rings (SSSR count). The number of aliphatic hydroxyl groups is 1. The van der Waals surface area contributed by atoms with Crippen LogP contribution in [-0.4, -0.2) is 32.7 Å². The van der Waals surface area contributed by atoms with Crippen molar-refractivity contribution in [3.05, 3.63) is 37.6 Å². The summed E-state index contributed by atoms with van der Waals surface area (Å²) < 4.78 is 6.76. The van der Waals surface area contributed by atoms with Crippen molar-refractivity contribution in [3.8, 4) is 0 Å². The lowest BCUT2D eigenvalue weighted by Gasteiger charge is -2.14. The number of rotatable bonds is 3. The van der Waals surface area contributed by atoms with Gasteiger partial charge in [-0.1, -0.05) is 15.9 Å². The minimum atomic E-state index is -0.591. The fraction of sp³-hybridized carbons (Fsp3) is 0.455. The molecule has 0 aliphatic carbocycles. The molecule has 1 fully saturated rings. The zero-order chi connectivity index (χ0) is 14.0. The zero-order valence-corrected chi connectivity index (χ0v) is 12.1. The van der Waals surface area contributed by atoms with E-state index in [0.29, 0.717) is 12.0 Å². The van der Waals surface area contributed by atoms with Crippen LogP contribution in [0, 0.1) is 0 Å². The van der Waals surface area contributed by atoms with E-state index in [9.17, 15) is 9.59 Å². The highest BCUT2D eigenvalue weighted by atomic mass is 79.9. The summed E-state index contributed by atoms with van der Waals surface area (Å²) in [6.45, 7) is -0.211. The van der Waals surface area contributed by atoms with E-state index in [1.165, 1.54) is 21.8 Å². The number of nitrogens with one attached hydrogen (secondary N) is 1. The van der Waals surface area contributed by atoms with Crippen molar-refractivity contribution in [2.75, 3.05) is 6.61 Å². The monoisotopic (exact) mass is 350 g/mol. The van der Waals surface area contributed by atoms with Gasteiger partial charge in [-0.25, -0.2) is 4.79 Å². The van der Waals surface area contributed by atoms with Crippen molar-refractivity contribution in [2.45, 2.75) is 24.1 Å². The van der Waals surface area contributed by atoms with E-state index in [1.54, 1.807) is 0 Å². The highest BCUT2D eigenvalue weighted by Gasteiger charge is 2.35. The highest BCUT2D eigenvalue weighted by Crippen LogP contribution is 2.30. The Labute approximate surface area is 121 Å². The van der Waals surface area contributed by atoms with Crippen LogP contribution in [0.15, 0.2) is 20.8 Å². The second-order valence-corrected chi connectivity index (χ2v) is 5.20. The first kappa shape index (κ1) is 14.5. The maximum Gasteiger partial charge on any atom is 0.330 e. The Morgan fingerprint density at radius 3 is 2.95 bits per heavy atom. The van der Waals surface area contributed by atoms with E-state index in [2.05, 4.69) is 20.9 Å². The molecule has 104 valence electrons. The Balaban J connectivity index is 2.38. The molecular weight excluding hydrogens is 339 g/mol. The quantitative estimate of drug-likeness (QED) is 0.789. The molecule has 1 aliphatic heterocycles. The second kappa shape index (κ2) is 6.04. The zero-order valence-electron chi connectivity index (χ0n) is 9.75. The molecule has 2 heterocycles. The topological polar surface area (TPSA) is 84.3 Å². The average Bonchev–Trinajstić information content (AvgIpc) is 2.74. The number of nitrogens with zero attached hydrogens (tertiary/aromatic N) is 1. The Morgan fingerprint density at radius 1 is 1.63 bits per heavy atom. The summed E-state index contributed by atoms with van der Waals surface area (Å²) >= 11 is 9.08. The third kappa shape index (κ3) is 3.00. The number of halogens is 2. The molecule has 0 saturated carbocycles. The van der Waals surface area contributed by atoms with Crippen molar-refractivity contribution in [1.82, 2.24) is 9.55 Å². The van der Waals surface area contributed by atoms with E-state index in [0.717, 1.165) is 0 Å². The molecule has 6 nitrogen and oxygen atoms in total. The number of hydrogen-bond acceptors (Lipinski definition) is 4. The Hall–Kier alpha value is -0.890. The van der Waals surface area contributed by atoms with Crippen molar-refractivity contribution in [2.24, 2.45) is 0 Å². The minimum absolute atomic E-state index is 0.211. The van der Waals surface area contributed by atoms with Gasteiger partial charge in [0.2, 0.25) is 0 Å². The smallest absolute Gasteiger partial charge is 0.330 e. The number of ether oxygens (including phenoxy) is 1. The molecule has 0 aromatic carbocycles. The van der Waals surface area contributed by atoms with Crippen molar-refractivity contribution < 1.29 is 9.84 Å². The van der Waals surface area contributed by atoms with E-state index < -0.39 is 23.6 Å². The molecule has 1 aliphatic rings. The summed E-state index contributed by atoms with van der Waals surface area (Å²) in [6.07, 6.45) is 2.21. The molecule has 3 atom stereocenters. The first-order valence-corrected chi connectivity index (χ1v) is 6.94. The Morgan fingerprint density at radius 2 is 2.37 bits per heavy atom. The molecule has 0 spiro atoms. The van der Waals surface area contributed by atoms with Crippen LogP contribution in [0.25, 0.3) is 6.08 Å². The van der Waals surface area contributed by atoms with Gasteiger partial charge >= 0.3 is 5.69 Å². The second-order valence-electron chi connectivity index (χ2n) is 4.11. The molecule has 1 saturated heterocycles. The lowest BCUT2D eigenvalue weighted by molar-refractivity contribution is -0.0240. The molecule has 0 radical (unpaired) electrons. The molecular formula is C11H12BrClN2O4. The fourth-order valence-electron chi connectivity index (χ4n) is 1.92. The predicted octanol–water partition coefficient (Wildman–Crippen LogP) is 0.789. The molecule has 0 amide bonds. The van der Waals surface area contributed by atoms with E-state index >= 15 is 0 Å². The molecule has 1 aromatic rings. The number of alkyl halides is 1. The van der Waals surface area contributed by atoms with Gasteiger partial charge in [0.1, 0.15) is 6.23 Å². The lowest BCUT2D eigenvalue weighted by Crippen LogP contribution is -2.33. The summed E-state index contributed by atoms with van der Waals surface area (Å²) in [5.41, 5.74) is -0.723. The first-order valence-electron chi connectivity index (χ1n) is 5.59. The minimum Gasteiger partial charge on any atom is -0.394 e. The molecule has 0 bridgehead atoms. The van der Waals surface area contributed by atoms with Gasteiger partial charge < -0.3 is 9.84 Å². The van der Waals surface area contributed by atoms with Crippen molar-refractivity contribution in [3.63, 3.8) is 0 Å². The van der Waals surface area contributed by atoms with Crippen LogP contribution in [0.5, 0.6) is 0 Å². The van der Waals surface area contributed by atoms with Crippen LogP contribution in [0.1, 0.15) is 18.2 Å². The van der Waals surface area contributed by atoms with E-state index in [4.69, 9.17) is 21.4 Å². The van der Waals surface area contributed by atoms with E-state index in [-0.39, 0.29) is 12.0 Å². The summed E-state index contributed by atoms with van der Waals surface area (Å²) in [7, 11) is 0. The van der Waals surface area contributed by atoms with Gasteiger partial charge in [-0.2, -0.15) is 0 Å². The highest BCUT2D eigenvalue weighted by molar-refractivity contribution is 9.11. The van der Waals surface area contributed by atoms with Gasteiger partial charge in [0.05, 0.1) is 23.7 Å². The van der Waals surface area contributed by atoms with Gasteiger partial charge in [-0.3, -0.25) is 14.3 Å². The standard InChI is InChI=1S/C11H12BrClN2O4/c12-2-1-6-4-15(11(18)14-10(6)17)9-3-7(13)8(5-16)19-9/h1-2,4,7-9,16H,3,5H2,(H,14,17,18)/b2-1+/t7-,8-,9-/m1/s1. The Kier molecular flexibility index (Phi) is 4.62. The van der Waals surface area contributed by atoms with Crippen LogP contribution in [-0.2, 0) is 4.74 Å². The van der Waals surface area contributed by atoms with Crippen LogP contribution in [0.3, 0.4) is 0 Å². The first-order chi connectivity index (χ1) is 9.06. The molecule has 8 heteroatoms. The summed E-state index contributed by atoms with van der Waals surface area (Å²) in [6, 6.07) is 0. The van der Waals surface area contributed by atoms with Gasteiger partial charge in [0.15, 0.2) is 0 Å². The number of aromatic amines is 1. The molecule has 0 unspecified atom stereocenters. The van der Waals surface area contributed by atoms with Gasteiger partial charge in [-0.15, -0.1) is 11.6 Å². The number of aromatic nitrogens is 2. The molecule has 2 N–H and O–H groups in total. The average molecular weight is 352 g/mol. The third-order valence-corrected chi connectivity index (χ3v) is 3.61. The van der Waals surface area contributed by atoms with E-state index in [1.807, 2.05) is 0 Å². The predicted molar refractivity (Wildman–Crippen MR) is 74.5 cm³/mol. The summed E-state index contributed by atoms with van der Waals surface area (Å²) in [4.78, 5) is 27.0. The number of H-pyrrole nitrogens is 1. The Bertz CT molecular complexity index is 597. The van der Waals surface area contributed by atoms with Crippen LogP contribution < -0.4 is 11.2 Å². The maximum atomic E-state index is 11.8. The van der Waals surface area contributed by atoms with Crippen LogP contribution in [0.2, 0.25) is 0 Å².